The Morgan fingerprint density at radius 3 is 2.40 bits per heavy atom. The summed E-state index contributed by atoms with van der Waals surface area (Å²) in [7, 11) is 0. The van der Waals surface area contributed by atoms with Gasteiger partial charge in [-0.25, -0.2) is 0 Å². The molecule has 0 saturated carbocycles. The van der Waals surface area contributed by atoms with Crippen LogP contribution in [-0.4, -0.2) is 12.5 Å². The van der Waals surface area contributed by atoms with Crippen molar-refractivity contribution in [3.8, 4) is 17.1 Å². The molecule has 30 heavy (non-hydrogen) atoms. The van der Waals surface area contributed by atoms with Crippen LogP contribution in [0.25, 0.3) is 22.3 Å². The number of carbonyl (C=O) groups excluding carboxylic acids is 1. The molecule has 0 aliphatic heterocycles. The number of aryl methyl sites for hydroxylation is 1. The van der Waals surface area contributed by atoms with Crippen molar-refractivity contribution in [2.24, 2.45) is 0 Å². The molecule has 0 fully saturated rings. The molecule has 1 aromatic heterocycles. The smallest absolute Gasteiger partial charge is 0.255 e. The van der Waals surface area contributed by atoms with E-state index in [1.54, 1.807) is 30.3 Å². The lowest BCUT2D eigenvalue weighted by atomic mass is 10.1. The highest BCUT2D eigenvalue weighted by Gasteiger charge is 2.10. The molecule has 1 heterocycles. The lowest BCUT2D eigenvalue weighted by Crippen LogP contribution is -2.12. The molecule has 4 rings (SSSR count). The molecule has 0 aliphatic carbocycles. The molecular formula is C25H21NO4. The first-order valence-electron chi connectivity index (χ1n) is 9.72. The van der Waals surface area contributed by atoms with Gasteiger partial charge in [0.2, 0.25) is 0 Å². The van der Waals surface area contributed by atoms with Gasteiger partial charge in [-0.2, -0.15) is 0 Å². The summed E-state index contributed by atoms with van der Waals surface area (Å²) in [6.45, 7) is 4.48. The van der Waals surface area contributed by atoms with Gasteiger partial charge in [-0.1, -0.05) is 17.7 Å². The van der Waals surface area contributed by atoms with Crippen LogP contribution >= 0.6 is 0 Å². The highest BCUT2D eigenvalue weighted by Crippen LogP contribution is 2.26. The first-order valence-corrected chi connectivity index (χ1v) is 9.72. The second-order valence-electron chi connectivity index (χ2n) is 6.96. The van der Waals surface area contributed by atoms with E-state index in [9.17, 15) is 9.59 Å². The molecule has 0 atom stereocenters. The highest BCUT2D eigenvalue weighted by atomic mass is 16.5. The number of ether oxygens (including phenoxy) is 1. The van der Waals surface area contributed by atoms with E-state index < -0.39 is 0 Å². The number of rotatable bonds is 5. The van der Waals surface area contributed by atoms with Crippen LogP contribution < -0.4 is 15.5 Å². The standard InChI is InChI=1S/C25H21NO4/c1-3-29-20-11-8-17(9-12-20)24-15-22(27)21-14-19(10-13-23(21)30-24)26-25(28)18-6-4-16(2)5-7-18/h4-15H,3H2,1-2H3,(H,26,28). The fourth-order valence-corrected chi connectivity index (χ4v) is 3.17. The van der Waals surface area contributed by atoms with Crippen molar-refractivity contribution in [1.29, 1.82) is 0 Å². The number of benzene rings is 3. The molecule has 0 radical (unpaired) electrons. The Bertz CT molecular complexity index is 1260. The Balaban J connectivity index is 1.61. The van der Waals surface area contributed by atoms with Crippen LogP contribution in [0.3, 0.4) is 0 Å². The third kappa shape index (κ3) is 4.10. The van der Waals surface area contributed by atoms with Gasteiger partial charge in [-0.15, -0.1) is 0 Å². The molecule has 0 saturated heterocycles. The van der Waals surface area contributed by atoms with E-state index in [2.05, 4.69) is 5.32 Å². The first kappa shape index (κ1) is 19.5. The average Bonchev–Trinajstić information content (AvgIpc) is 2.75. The minimum atomic E-state index is -0.232. The molecule has 0 bridgehead atoms. The maximum atomic E-state index is 12.7. The van der Waals surface area contributed by atoms with Crippen molar-refractivity contribution in [2.75, 3.05) is 11.9 Å². The lowest BCUT2D eigenvalue weighted by molar-refractivity contribution is 0.102. The van der Waals surface area contributed by atoms with Gasteiger partial charge in [0.1, 0.15) is 17.1 Å². The van der Waals surface area contributed by atoms with Gasteiger partial charge in [0, 0.05) is 22.9 Å². The molecule has 150 valence electrons. The van der Waals surface area contributed by atoms with Gasteiger partial charge in [0.05, 0.1) is 12.0 Å². The number of nitrogens with one attached hydrogen (secondary N) is 1. The van der Waals surface area contributed by atoms with Crippen molar-refractivity contribution in [2.45, 2.75) is 13.8 Å². The van der Waals surface area contributed by atoms with Crippen LogP contribution in [0, 0.1) is 6.92 Å². The summed E-state index contributed by atoms with van der Waals surface area (Å²) >= 11 is 0. The Hall–Kier alpha value is -3.86. The topological polar surface area (TPSA) is 68.5 Å². The quantitative estimate of drug-likeness (QED) is 0.487. The third-order valence-corrected chi connectivity index (χ3v) is 4.75. The summed E-state index contributed by atoms with van der Waals surface area (Å²) in [5.41, 5.74) is 3.24. The summed E-state index contributed by atoms with van der Waals surface area (Å²) in [5.74, 6) is 1.01. The van der Waals surface area contributed by atoms with Gasteiger partial charge in [0.25, 0.3) is 5.91 Å². The lowest BCUT2D eigenvalue weighted by Gasteiger charge is -2.08. The summed E-state index contributed by atoms with van der Waals surface area (Å²) < 4.78 is 11.4. The summed E-state index contributed by atoms with van der Waals surface area (Å²) in [5, 5.41) is 3.24. The fourth-order valence-electron chi connectivity index (χ4n) is 3.17. The first-order chi connectivity index (χ1) is 14.5. The summed E-state index contributed by atoms with van der Waals surface area (Å²) in [4.78, 5) is 25.1. The SMILES string of the molecule is CCOc1ccc(-c2cc(=O)c3cc(NC(=O)c4ccc(C)cc4)ccc3o2)cc1. The average molecular weight is 399 g/mol. The molecule has 0 unspecified atom stereocenters. The maximum absolute atomic E-state index is 12.7. The van der Waals surface area contributed by atoms with E-state index >= 15 is 0 Å². The monoisotopic (exact) mass is 399 g/mol. The van der Waals surface area contributed by atoms with E-state index in [0.717, 1.165) is 16.9 Å². The zero-order valence-electron chi connectivity index (χ0n) is 16.8. The number of hydrogen-bond donors (Lipinski definition) is 1. The molecule has 4 aromatic rings. The van der Waals surface area contributed by atoms with Gasteiger partial charge in [-0.05, 0) is 68.4 Å². The molecule has 1 N–H and O–H groups in total. The number of anilines is 1. The Morgan fingerprint density at radius 1 is 0.967 bits per heavy atom. The van der Waals surface area contributed by atoms with Crippen LogP contribution in [0.4, 0.5) is 5.69 Å². The molecule has 5 heteroatoms. The van der Waals surface area contributed by atoms with Crippen LogP contribution in [0.1, 0.15) is 22.8 Å². The van der Waals surface area contributed by atoms with E-state index in [0.29, 0.717) is 34.6 Å². The number of fused-ring (bicyclic) bond motifs is 1. The van der Waals surface area contributed by atoms with Gasteiger partial charge >= 0.3 is 0 Å². The number of amides is 1. The summed E-state index contributed by atoms with van der Waals surface area (Å²) in [6, 6.07) is 21.2. The predicted octanol–water partition coefficient (Wildman–Crippen LogP) is 5.42. The second-order valence-corrected chi connectivity index (χ2v) is 6.96. The van der Waals surface area contributed by atoms with E-state index in [4.69, 9.17) is 9.15 Å². The van der Waals surface area contributed by atoms with Gasteiger partial charge < -0.3 is 14.5 Å². The van der Waals surface area contributed by atoms with Crippen molar-refractivity contribution in [3.05, 3.63) is 94.1 Å². The van der Waals surface area contributed by atoms with Crippen LogP contribution in [-0.2, 0) is 0 Å². The normalized spacial score (nSPS) is 10.7. The zero-order valence-corrected chi connectivity index (χ0v) is 16.8. The highest BCUT2D eigenvalue weighted by molar-refractivity contribution is 6.05. The molecule has 0 aliphatic rings. The second kappa shape index (κ2) is 8.25. The Labute approximate surface area is 173 Å². The molecule has 3 aromatic carbocycles. The largest absolute Gasteiger partial charge is 0.494 e. The Morgan fingerprint density at radius 2 is 1.70 bits per heavy atom. The molecule has 5 nitrogen and oxygen atoms in total. The zero-order chi connectivity index (χ0) is 21.1. The van der Waals surface area contributed by atoms with Gasteiger partial charge in [-0.3, -0.25) is 9.59 Å². The van der Waals surface area contributed by atoms with Crippen LogP contribution in [0.2, 0.25) is 0 Å². The van der Waals surface area contributed by atoms with Crippen LogP contribution in [0.15, 0.2) is 82.0 Å². The minimum absolute atomic E-state index is 0.174. The van der Waals surface area contributed by atoms with Crippen molar-refractivity contribution in [3.63, 3.8) is 0 Å². The van der Waals surface area contributed by atoms with E-state index in [1.807, 2.05) is 50.2 Å². The molecule has 1 amide bonds. The van der Waals surface area contributed by atoms with Gasteiger partial charge in [0.15, 0.2) is 5.43 Å². The van der Waals surface area contributed by atoms with E-state index in [-0.39, 0.29) is 11.3 Å². The molecular weight excluding hydrogens is 378 g/mol. The summed E-state index contributed by atoms with van der Waals surface area (Å²) in [6.07, 6.45) is 0. The number of hydrogen-bond acceptors (Lipinski definition) is 4. The predicted molar refractivity (Wildman–Crippen MR) is 118 cm³/mol. The van der Waals surface area contributed by atoms with Crippen molar-refractivity contribution < 1.29 is 13.9 Å². The van der Waals surface area contributed by atoms with Crippen LogP contribution in [0.5, 0.6) is 5.75 Å². The maximum Gasteiger partial charge on any atom is 0.255 e. The fraction of sp³-hybridized carbons (Fsp3) is 0.120. The van der Waals surface area contributed by atoms with Crippen molar-refractivity contribution in [1.82, 2.24) is 0 Å². The number of carbonyl (C=O) groups is 1. The molecule has 0 spiro atoms. The third-order valence-electron chi connectivity index (χ3n) is 4.75. The van der Waals surface area contributed by atoms with E-state index in [1.165, 1.54) is 6.07 Å². The Kier molecular flexibility index (Phi) is 5.35. The van der Waals surface area contributed by atoms with Crippen molar-refractivity contribution >= 4 is 22.6 Å². The minimum Gasteiger partial charge on any atom is -0.494 e.